The summed E-state index contributed by atoms with van der Waals surface area (Å²) in [6.45, 7) is 4.18. The van der Waals surface area contributed by atoms with Gasteiger partial charge in [0.1, 0.15) is 4.21 Å². The fraction of sp³-hybridized carbons (Fsp3) is 0.692. The molecule has 1 saturated carbocycles. The zero-order chi connectivity index (χ0) is 14.0. The molecule has 6 heteroatoms. The fourth-order valence-electron chi connectivity index (χ4n) is 2.59. The molecule has 1 aromatic heterocycles. The van der Waals surface area contributed by atoms with Crippen molar-refractivity contribution in [3.8, 4) is 0 Å². The van der Waals surface area contributed by atoms with E-state index < -0.39 is 10.0 Å². The van der Waals surface area contributed by atoms with Gasteiger partial charge in [0.2, 0.25) is 10.0 Å². The second kappa shape index (κ2) is 5.91. The molecule has 1 aliphatic rings. The van der Waals surface area contributed by atoms with Crippen molar-refractivity contribution in [3.05, 3.63) is 17.0 Å². The SMILES string of the molecule is CC1CCCC(NS(=O)(=O)c2ccc(CO)s2)C1C. The Kier molecular flexibility index (Phi) is 4.66. The van der Waals surface area contributed by atoms with E-state index in [4.69, 9.17) is 5.11 Å². The molecule has 3 atom stereocenters. The Balaban J connectivity index is 2.12. The second-order valence-electron chi connectivity index (χ2n) is 5.37. The molecule has 4 nitrogen and oxygen atoms in total. The summed E-state index contributed by atoms with van der Waals surface area (Å²) < 4.78 is 27.7. The van der Waals surface area contributed by atoms with E-state index in [1.54, 1.807) is 12.1 Å². The minimum Gasteiger partial charge on any atom is -0.391 e. The normalized spacial score (nSPS) is 28.5. The van der Waals surface area contributed by atoms with Gasteiger partial charge in [-0.25, -0.2) is 13.1 Å². The highest BCUT2D eigenvalue weighted by Gasteiger charge is 2.31. The highest BCUT2D eigenvalue weighted by Crippen LogP contribution is 2.31. The number of nitrogens with one attached hydrogen (secondary N) is 1. The van der Waals surface area contributed by atoms with E-state index in [9.17, 15) is 8.42 Å². The lowest BCUT2D eigenvalue weighted by molar-refractivity contribution is 0.227. The Hall–Kier alpha value is -0.430. The van der Waals surface area contributed by atoms with E-state index in [1.807, 2.05) is 0 Å². The van der Waals surface area contributed by atoms with Crippen molar-refractivity contribution in [2.45, 2.75) is 50.0 Å². The topological polar surface area (TPSA) is 66.4 Å². The van der Waals surface area contributed by atoms with Crippen LogP contribution in [0.2, 0.25) is 0 Å². The Bertz CT molecular complexity index is 524. The molecule has 0 amide bonds. The molecule has 1 aliphatic carbocycles. The molecular formula is C13H21NO3S2. The lowest BCUT2D eigenvalue weighted by Crippen LogP contribution is -2.43. The van der Waals surface area contributed by atoms with Crippen molar-refractivity contribution >= 4 is 21.4 Å². The summed E-state index contributed by atoms with van der Waals surface area (Å²) in [5.41, 5.74) is 0. The molecule has 2 rings (SSSR count). The highest BCUT2D eigenvalue weighted by molar-refractivity contribution is 7.91. The van der Waals surface area contributed by atoms with E-state index in [-0.39, 0.29) is 12.6 Å². The molecular weight excluding hydrogens is 282 g/mol. The lowest BCUT2D eigenvalue weighted by atomic mass is 9.78. The molecule has 0 aromatic carbocycles. The number of hydrogen-bond donors (Lipinski definition) is 2. The quantitative estimate of drug-likeness (QED) is 0.897. The molecule has 1 fully saturated rings. The average molecular weight is 303 g/mol. The largest absolute Gasteiger partial charge is 0.391 e. The van der Waals surface area contributed by atoms with Crippen molar-refractivity contribution in [1.82, 2.24) is 4.72 Å². The molecule has 0 aliphatic heterocycles. The molecule has 0 spiro atoms. The van der Waals surface area contributed by atoms with Crippen LogP contribution in [0.3, 0.4) is 0 Å². The number of hydrogen-bond acceptors (Lipinski definition) is 4. The van der Waals surface area contributed by atoms with Gasteiger partial charge in [-0.2, -0.15) is 0 Å². The first kappa shape index (κ1) is 15.0. The van der Waals surface area contributed by atoms with Gasteiger partial charge in [-0.05, 0) is 30.4 Å². The molecule has 0 saturated heterocycles. The van der Waals surface area contributed by atoms with Gasteiger partial charge in [0, 0.05) is 10.9 Å². The van der Waals surface area contributed by atoms with Crippen LogP contribution in [0.15, 0.2) is 16.3 Å². The molecule has 1 aromatic rings. The van der Waals surface area contributed by atoms with Gasteiger partial charge in [0.25, 0.3) is 0 Å². The predicted octanol–water partition coefficient (Wildman–Crippen LogP) is 2.34. The first-order chi connectivity index (χ1) is 8.94. The summed E-state index contributed by atoms with van der Waals surface area (Å²) in [7, 11) is -3.45. The van der Waals surface area contributed by atoms with Crippen molar-refractivity contribution < 1.29 is 13.5 Å². The summed E-state index contributed by atoms with van der Waals surface area (Å²) in [5, 5.41) is 9.01. The van der Waals surface area contributed by atoms with Crippen LogP contribution in [-0.4, -0.2) is 19.6 Å². The predicted molar refractivity (Wildman–Crippen MR) is 76.5 cm³/mol. The monoisotopic (exact) mass is 303 g/mol. The highest BCUT2D eigenvalue weighted by atomic mass is 32.2. The van der Waals surface area contributed by atoms with Gasteiger partial charge >= 0.3 is 0 Å². The number of sulfonamides is 1. The van der Waals surface area contributed by atoms with Gasteiger partial charge in [0.15, 0.2) is 0 Å². The van der Waals surface area contributed by atoms with Crippen LogP contribution >= 0.6 is 11.3 Å². The summed E-state index contributed by atoms with van der Waals surface area (Å²) in [6.07, 6.45) is 3.15. The Morgan fingerprint density at radius 1 is 1.37 bits per heavy atom. The third-order valence-corrected chi connectivity index (χ3v) is 7.12. The van der Waals surface area contributed by atoms with Crippen LogP contribution in [0.5, 0.6) is 0 Å². The minimum atomic E-state index is -3.45. The second-order valence-corrected chi connectivity index (χ2v) is 8.48. The molecule has 108 valence electrons. The molecule has 0 radical (unpaired) electrons. The number of rotatable bonds is 4. The maximum absolute atomic E-state index is 12.3. The van der Waals surface area contributed by atoms with Crippen molar-refractivity contribution in [2.24, 2.45) is 11.8 Å². The van der Waals surface area contributed by atoms with Crippen LogP contribution in [0, 0.1) is 11.8 Å². The van der Waals surface area contributed by atoms with Gasteiger partial charge in [-0.15, -0.1) is 11.3 Å². The van der Waals surface area contributed by atoms with Gasteiger partial charge in [-0.1, -0.05) is 26.7 Å². The third kappa shape index (κ3) is 3.37. The average Bonchev–Trinajstić information content (AvgIpc) is 2.84. The smallest absolute Gasteiger partial charge is 0.250 e. The first-order valence-electron chi connectivity index (χ1n) is 6.66. The Morgan fingerprint density at radius 2 is 2.11 bits per heavy atom. The Labute approximate surface area is 118 Å². The van der Waals surface area contributed by atoms with Crippen LogP contribution in [0.25, 0.3) is 0 Å². The third-order valence-electron chi connectivity index (χ3n) is 4.07. The van der Waals surface area contributed by atoms with Crippen molar-refractivity contribution in [1.29, 1.82) is 0 Å². The fourth-order valence-corrected chi connectivity index (χ4v) is 5.19. The standard InChI is InChI=1S/C13H21NO3S2/c1-9-4-3-5-12(10(9)2)14-19(16,17)13-7-6-11(8-15)18-13/h6-7,9-10,12,14-15H,3-5,8H2,1-2H3. The van der Waals surface area contributed by atoms with E-state index in [1.165, 1.54) is 6.42 Å². The van der Waals surface area contributed by atoms with Crippen LogP contribution < -0.4 is 4.72 Å². The zero-order valence-corrected chi connectivity index (χ0v) is 12.9. The van der Waals surface area contributed by atoms with Crippen LogP contribution in [-0.2, 0) is 16.6 Å². The zero-order valence-electron chi connectivity index (χ0n) is 11.3. The van der Waals surface area contributed by atoms with E-state index in [2.05, 4.69) is 18.6 Å². The first-order valence-corrected chi connectivity index (χ1v) is 8.96. The summed E-state index contributed by atoms with van der Waals surface area (Å²) in [5.74, 6) is 0.915. The number of thiophene rings is 1. The molecule has 0 bridgehead atoms. The number of aliphatic hydroxyl groups excluding tert-OH is 1. The summed E-state index contributed by atoms with van der Waals surface area (Å²) in [6, 6.07) is 3.25. The minimum absolute atomic E-state index is 0.0217. The maximum Gasteiger partial charge on any atom is 0.250 e. The molecule has 19 heavy (non-hydrogen) atoms. The van der Waals surface area contributed by atoms with E-state index in [0.29, 0.717) is 20.9 Å². The maximum atomic E-state index is 12.3. The van der Waals surface area contributed by atoms with Crippen LogP contribution in [0.1, 0.15) is 38.0 Å². The number of aliphatic hydroxyl groups is 1. The van der Waals surface area contributed by atoms with Gasteiger partial charge in [-0.3, -0.25) is 0 Å². The summed E-state index contributed by atoms with van der Waals surface area (Å²) >= 11 is 1.13. The van der Waals surface area contributed by atoms with Gasteiger partial charge < -0.3 is 5.11 Å². The van der Waals surface area contributed by atoms with Crippen molar-refractivity contribution in [2.75, 3.05) is 0 Å². The van der Waals surface area contributed by atoms with E-state index >= 15 is 0 Å². The lowest BCUT2D eigenvalue weighted by Gasteiger charge is -2.34. The van der Waals surface area contributed by atoms with E-state index in [0.717, 1.165) is 24.2 Å². The van der Waals surface area contributed by atoms with Gasteiger partial charge in [0.05, 0.1) is 6.61 Å². The Morgan fingerprint density at radius 3 is 2.74 bits per heavy atom. The molecule has 3 unspecified atom stereocenters. The molecule has 1 heterocycles. The van der Waals surface area contributed by atoms with Crippen molar-refractivity contribution in [3.63, 3.8) is 0 Å². The summed E-state index contributed by atoms with van der Waals surface area (Å²) in [4.78, 5) is 0.672. The van der Waals surface area contributed by atoms with Crippen LogP contribution in [0.4, 0.5) is 0 Å². The molecule has 2 N–H and O–H groups in total.